The van der Waals surface area contributed by atoms with E-state index in [9.17, 15) is 9.59 Å². The Hall–Kier alpha value is -2.62. The highest BCUT2D eigenvalue weighted by Crippen LogP contribution is 2.36. The zero-order valence-electron chi connectivity index (χ0n) is 14.4. The van der Waals surface area contributed by atoms with Crippen molar-refractivity contribution in [3.63, 3.8) is 0 Å². The van der Waals surface area contributed by atoms with E-state index in [1.807, 2.05) is 24.3 Å². The van der Waals surface area contributed by atoms with Gasteiger partial charge in [-0.3, -0.25) is 9.59 Å². The zero-order chi connectivity index (χ0) is 17.7. The van der Waals surface area contributed by atoms with Gasteiger partial charge in [0.2, 0.25) is 0 Å². The Labute approximate surface area is 142 Å². The van der Waals surface area contributed by atoms with Crippen molar-refractivity contribution < 1.29 is 19.1 Å². The van der Waals surface area contributed by atoms with Gasteiger partial charge in [-0.15, -0.1) is 0 Å². The van der Waals surface area contributed by atoms with Crippen LogP contribution in [0.1, 0.15) is 36.8 Å². The van der Waals surface area contributed by atoms with Crippen LogP contribution in [-0.4, -0.2) is 25.8 Å². The maximum atomic E-state index is 12.3. The molecule has 0 heterocycles. The van der Waals surface area contributed by atoms with Crippen LogP contribution in [0.25, 0.3) is 0 Å². The van der Waals surface area contributed by atoms with Crippen LogP contribution in [0.3, 0.4) is 0 Å². The standard InChI is InChI=1S/C20H22O4/c1-13(21)19(15-5-9-17(23-3)10-6-15)20(14(2)22)16-7-11-18(24-4)12-8-16/h5-12,19-20H,1-4H3. The molecule has 0 aromatic heterocycles. The molecule has 0 bridgehead atoms. The van der Waals surface area contributed by atoms with E-state index >= 15 is 0 Å². The Balaban J connectivity index is 2.46. The van der Waals surface area contributed by atoms with E-state index in [1.54, 1.807) is 38.5 Å². The number of hydrogen-bond donors (Lipinski definition) is 0. The lowest BCUT2D eigenvalue weighted by molar-refractivity contribution is -0.125. The average molecular weight is 326 g/mol. The number of ketones is 2. The molecule has 0 spiro atoms. The van der Waals surface area contributed by atoms with Gasteiger partial charge in [0.05, 0.1) is 26.1 Å². The molecular formula is C20H22O4. The Kier molecular flexibility index (Phi) is 5.74. The second-order valence-electron chi connectivity index (χ2n) is 5.72. The molecule has 2 aromatic rings. The molecular weight excluding hydrogens is 304 g/mol. The van der Waals surface area contributed by atoms with Gasteiger partial charge >= 0.3 is 0 Å². The minimum absolute atomic E-state index is 0.0452. The minimum Gasteiger partial charge on any atom is -0.497 e. The summed E-state index contributed by atoms with van der Waals surface area (Å²) in [5, 5.41) is 0. The third-order valence-corrected chi connectivity index (χ3v) is 4.16. The van der Waals surface area contributed by atoms with E-state index in [1.165, 1.54) is 13.8 Å². The molecule has 2 rings (SSSR count). The molecule has 4 nitrogen and oxygen atoms in total. The van der Waals surface area contributed by atoms with Gasteiger partial charge in [-0.05, 0) is 49.2 Å². The summed E-state index contributed by atoms with van der Waals surface area (Å²) >= 11 is 0. The van der Waals surface area contributed by atoms with Gasteiger partial charge in [-0.25, -0.2) is 0 Å². The zero-order valence-corrected chi connectivity index (χ0v) is 14.4. The summed E-state index contributed by atoms with van der Waals surface area (Å²) in [6.45, 7) is 3.04. The lowest BCUT2D eigenvalue weighted by Crippen LogP contribution is -2.23. The van der Waals surface area contributed by atoms with Crippen molar-refractivity contribution in [1.29, 1.82) is 0 Å². The molecule has 0 amide bonds. The molecule has 4 heteroatoms. The van der Waals surface area contributed by atoms with Crippen LogP contribution in [0.5, 0.6) is 11.5 Å². The number of benzene rings is 2. The van der Waals surface area contributed by atoms with E-state index in [2.05, 4.69) is 0 Å². The van der Waals surface area contributed by atoms with Gasteiger partial charge in [0.1, 0.15) is 23.1 Å². The van der Waals surface area contributed by atoms with Crippen molar-refractivity contribution in [3.05, 3.63) is 59.7 Å². The van der Waals surface area contributed by atoms with Crippen LogP contribution in [0.2, 0.25) is 0 Å². The fraction of sp³-hybridized carbons (Fsp3) is 0.300. The number of hydrogen-bond acceptors (Lipinski definition) is 4. The highest BCUT2D eigenvalue weighted by atomic mass is 16.5. The second-order valence-corrected chi connectivity index (χ2v) is 5.72. The first-order valence-electron chi connectivity index (χ1n) is 7.76. The van der Waals surface area contributed by atoms with Crippen LogP contribution >= 0.6 is 0 Å². The van der Waals surface area contributed by atoms with Gasteiger partial charge in [-0.1, -0.05) is 24.3 Å². The normalized spacial score (nSPS) is 13.0. The molecule has 2 unspecified atom stereocenters. The van der Waals surface area contributed by atoms with Crippen molar-refractivity contribution in [2.75, 3.05) is 14.2 Å². The number of carbonyl (C=O) groups excluding carboxylic acids is 2. The SMILES string of the molecule is COc1ccc(C(C(C)=O)C(C(C)=O)c2ccc(OC)cc2)cc1. The van der Waals surface area contributed by atoms with Crippen molar-refractivity contribution in [2.45, 2.75) is 25.7 Å². The van der Waals surface area contributed by atoms with Crippen LogP contribution in [0.15, 0.2) is 48.5 Å². The number of ether oxygens (including phenoxy) is 2. The van der Waals surface area contributed by atoms with Gasteiger partial charge < -0.3 is 9.47 Å². The predicted molar refractivity (Wildman–Crippen MR) is 92.8 cm³/mol. The molecule has 2 aromatic carbocycles. The molecule has 0 fully saturated rings. The van der Waals surface area contributed by atoms with Gasteiger partial charge in [0.25, 0.3) is 0 Å². The fourth-order valence-corrected chi connectivity index (χ4v) is 2.95. The van der Waals surface area contributed by atoms with Crippen LogP contribution < -0.4 is 9.47 Å². The number of rotatable bonds is 7. The topological polar surface area (TPSA) is 52.6 Å². The Morgan fingerprint density at radius 2 is 0.958 bits per heavy atom. The smallest absolute Gasteiger partial charge is 0.138 e. The third-order valence-electron chi connectivity index (χ3n) is 4.16. The van der Waals surface area contributed by atoms with Crippen LogP contribution in [-0.2, 0) is 9.59 Å². The predicted octanol–water partition coefficient (Wildman–Crippen LogP) is 3.75. The molecule has 0 saturated carbocycles. The van der Waals surface area contributed by atoms with Gasteiger partial charge in [-0.2, -0.15) is 0 Å². The first-order chi connectivity index (χ1) is 11.5. The molecule has 0 aliphatic carbocycles. The number of Topliss-reactive ketones (excluding diaryl/α,β-unsaturated/α-hetero) is 2. The van der Waals surface area contributed by atoms with Crippen molar-refractivity contribution in [1.82, 2.24) is 0 Å². The summed E-state index contributed by atoms with van der Waals surface area (Å²) in [7, 11) is 3.18. The summed E-state index contributed by atoms with van der Waals surface area (Å²) in [5.74, 6) is 0.283. The molecule has 0 aliphatic rings. The monoisotopic (exact) mass is 326 g/mol. The largest absolute Gasteiger partial charge is 0.497 e. The second kappa shape index (κ2) is 7.77. The number of methoxy groups -OCH3 is 2. The van der Waals surface area contributed by atoms with E-state index in [0.717, 1.165) is 11.1 Å². The molecule has 126 valence electrons. The summed E-state index contributed by atoms with van der Waals surface area (Å²) in [4.78, 5) is 24.7. The molecule has 0 aliphatic heterocycles. The van der Waals surface area contributed by atoms with Crippen molar-refractivity contribution in [3.8, 4) is 11.5 Å². The Bertz CT molecular complexity index is 638. The maximum Gasteiger partial charge on any atom is 0.138 e. The molecule has 0 N–H and O–H groups in total. The Morgan fingerprint density at radius 3 is 1.17 bits per heavy atom. The van der Waals surface area contributed by atoms with Gasteiger partial charge in [0.15, 0.2) is 0 Å². The van der Waals surface area contributed by atoms with E-state index in [-0.39, 0.29) is 11.6 Å². The Morgan fingerprint density at radius 1 is 0.667 bits per heavy atom. The molecule has 24 heavy (non-hydrogen) atoms. The summed E-state index contributed by atoms with van der Waals surface area (Å²) < 4.78 is 10.3. The van der Waals surface area contributed by atoms with Gasteiger partial charge in [0, 0.05) is 0 Å². The minimum atomic E-state index is -0.526. The summed E-state index contributed by atoms with van der Waals surface area (Å²) in [6.07, 6.45) is 0. The molecule has 0 radical (unpaired) electrons. The quantitative estimate of drug-likeness (QED) is 0.777. The van der Waals surface area contributed by atoms with E-state index < -0.39 is 11.8 Å². The average Bonchev–Trinajstić information content (AvgIpc) is 2.59. The van der Waals surface area contributed by atoms with E-state index in [4.69, 9.17) is 9.47 Å². The first kappa shape index (κ1) is 17.7. The number of carbonyl (C=O) groups is 2. The fourth-order valence-electron chi connectivity index (χ4n) is 2.95. The first-order valence-corrected chi connectivity index (χ1v) is 7.76. The highest BCUT2D eigenvalue weighted by Gasteiger charge is 2.32. The molecule has 0 saturated heterocycles. The lowest BCUT2D eigenvalue weighted by atomic mass is 9.77. The van der Waals surface area contributed by atoms with Crippen molar-refractivity contribution in [2.24, 2.45) is 0 Å². The highest BCUT2D eigenvalue weighted by molar-refractivity contribution is 5.94. The van der Waals surface area contributed by atoms with Crippen LogP contribution in [0, 0.1) is 0 Å². The van der Waals surface area contributed by atoms with E-state index in [0.29, 0.717) is 11.5 Å². The lowest BCUT2D eigenvalue weighted by Gasteiger charge is -2.24. The van der Waals surface area contributed by atoms with Crippen LogP contribution in [0.4, 0.5) is 0 Å². The third kappa shape index (κ3) is 3.82. The molecule has 2 atom stereocenters. The maximum absolute atomic E-state index is 12.3. The summed E-state index contributed by atoms with van der Waals surface area (Å²) in [6, 6.07) is 14.6. The summed E-state index contributed by atoms with van der Waals surface area (Å²) in [5.41, 5.74) is 1.61. The van der Waals surface area contributed by atoms with Crippen molar-refractivity contribution >= 4 is 11.6 Å².